The van der Waals surface area contributed by atoms with Crippen molar-refractivity contribution in [2.24, 2.45) is 0 Å². The molecule has 2 aromatic carbocycles. The molecule has 1 aliphatic heterocycles. The van der Waals surface area contributed by atoms with Crippen molar-refractivity contribution in [2.75, 3.05) is 18.4 Å². The van der Waals surface area contributed by atoms with Crippen molar-refractivity contribution in [3.05, 3.63) is 89.5 Å². The highest BCUT2D eigenvalue weighted by atomic mass is 19.1. The third-order valence-corrected chi connectivity index (χ3v) is 5.98. The fourth-order valence-corrected chi connectivity index (χ4v) is 4.32. The number of benzene rings is 2. The summed E-state index contributed by atoms with van der Waals surface area (Å²) >= 11 is 0. The first-order valence-corrected chi connectivity index (χ1v) is 11.2. The van der Waals surface area contributed by atoms with Crippen molar-refractivity contribution in [2.45, 2.75) is 39.4 Å². The van der Waals surface area contributed by atoms with Crippen LogP contribution in [-0.4, -0.2) is 45.4 Å². The van der Waals surface area contributed by atoms with E-state index in [9.17, 15) is 14.0 Å². The summed E-state index contributed by atoms with van der Waals surface area (Å²) in [6, 6.07) is 16.9. The molecule has 7 heteroatoms. The van der Waals surface area contributed by atoms with Crippen molar-refractivity contribution >= 4 is 17.6 Å². The molecule has 1 N–H and O–H groups in total. The Balaban J connectivity index is 1.57. The lowest BCUT2D eigenvalue weighted by Gasteiger charge is -2.39. The Morgan fingerprint density at radius 3 is 2.61 bits per heavy atom. The van der Waals surface area contributed by atoms with Gasteiger partial charge >= 0.3 is 6.03 Å². The number of nitrogens with zero attached hydrogens (tertiary/aromatic N) is 3. The van der Waals surface area contributed by atoms with Gasteiger partial charge in [-0.1, -0.05) is 24.3 Å². The number of hydrogen-bond donors (Lipinski definition) is 1. The van der Waals surface area contributed by atoms with E-state index in [4.69, 9.17) is 0 Å². The number of amides is 3. The highest BCUT2D eigenvalue weighted by molar-refractivity contribution is 5.92. The first-order valence-electron chi connectivity index (χ1n) is 11.2. The molecule has 1 atom stereocenters. The van der Waals surface area contributed by atoms with Crippen LogP contribution >= 0.6 is 0 Å². The second-order valence-electron chi connectivity index (χ2n) is 8.69. The molecule has 0 radical (unpaired) electrons. The Morgan fingerprint density at radius 2 is 1.88 bits per heavy atom. The molecule has 0 bridgehead atoms. The Morgan fingerprint density at radius 1 is 1.09 bits per heavy atom. The normalized spacial score (nSPS) is 15.3. The van der Waals surface area contributed by atoms with Crippen LogP contribution in [0.2, 0.25) is 0 Å². The Bertz CT molecular complexity index is 1160. The van der Waals surface area contributed by atoms with Crippen molar-refractivity contribution < 1.29 is 14.0 Å². The average Bonchev–Trinajstić information content (AvgIpc) is 3.25. The topological polar surface area (TPSA) is 57.6 Å². The predicted molar refractivity (Wildman–Crippen MR) is 126 cm³/mol. The maximum atomic E-state index is 14.0. The fourth-order valence-electron chi connectivity index (χ4n) is 4.32. The van der Waals surface area contributed by atoms with Gasteiger partial charge in [-0.3, -0.25) is 4.79 Å². The largest absolute Gasteiger partial charge is 0.348 e. The summed E-state index contributed by atoms with van der Waals surface area (Å²) in [4.78, 5) is 29.8. The predicted octanol–water partition coefficient (Wildman–Crippen LogP) is 4.81. The molecule has 1 aliphatic rings. The molecule has 0 aliphatic carbocycles. The number of urea groups is 1. The molecular weight excluding hydrogens is 419 g/mol. The van der Waals surface area contributed by atoms with Gasteiger partial charge in [0.15, 0.2) is 0 Å². The molecule has 0 saturated carbocycles. The van der Waals surface area contributed by atoms with Crippen LogP contribution < -0.4 is 5.32 Å². The fraction of sp³-hybridized carbons (Fsp3) is 0.308. The zero-order valence-corrected chi connectivity index (χ0v) is 19.2. The summed E-state index contributed by atoms with van der Waals surface area (Å²) < 4.78 is 16.1. The van der Waals surface area contributed by atoms with E-state index in [1.807, 2.05) is 69.4 Å². The van der Waals surface area contributed by atoms with Crippen LogP contribution in [-0.2, 0) is 11.3 Å². The van der Waals surface area contributed by atoms with Crippen LogP contribution in [0.5, 0.6) is 0 Å². The number of aryl methyl sites for hydroxylation is 1. The molecule has 0 fully saturated rings. The molecule has 3 amide bonds. The van der Waals surface area contributed by atoms with Gasteiger partial charge < -0.3 is 19.7 Å². The number of carbonyl (C=O) groups excluding carboxylic acids is 2. The number of rotatable bonds is 5. The lowest BCUT2D eigenvalue weighted by molar-refractivity contribution is -0.134. The minimum atomic E-state index is -0.411. The minimum absolute atomic E-state index is 0.0676. The van der Waals surface area contributed by atoms with Crippen molar-refractivity contribution in [3.63, 3.8) is 0 Å². The number of anilines is 1. The number of halogens is 1. The third kappa shape index (κ3) is 4.92. The number of fused-ring (bicyclic) bond motifs is 1. The Hall–Kier alpha value is -3.61. The quantitative estimate of drug-likeness (QED) is 0.609. The van der Waals surface area contributed by atoms with Gasteiger partial charge in [0.05, 0.1) is 6.04 Å². The molecule has 1 aromatic heterocycles. The zero-order chi connectivity index (χ0) is 23.5. The first-order chi connectivity index (χ1) is 15.8. The van der Waals surface area contributed by atoms with Gasteiger partial charge in [-0.2, -0.15) is 0 Å². The van der Waals surface area contributed by atoms with Crippen LogP contribution in [0.3, 0.4) is 0 Å². The van der Waals surface area contributed by atoms with Gasteiger partial charge in [-0.05, 0) is 68.3 Å². The van der Waals surface area contributed by atoms with E-state index < -0.39 is 6.04 Å². The molecule has 2 heterocycles. The summed E-state index contributed by atoms with van der Waals surface area (Å²) in [6.07, 6.45) is 1.97. The standard InChI is InChI=1S/C26H29FN4O2/c1-18(2)31(26(33)28-22-10-4-7-19(3)15-22)17-24(32)30-14-13-29-12-6-11-23(29)25(30)20-8-5-9-21(27)16-20/h4-12,15-16,18,25H,13-14,17H2,1-3H3,(H,28,33). The third-order valence-electron chi connectivity index (χ3n) is 5.98. The average molecular weight is 449 g/mol. The van der Waals surface area contributed by atoms with E-state index in [2.05, 4.69) is 9.88 Å². The maximum absolute atomic E-state index is 14.0. The molecule has 172 valence electrons. The summed E-state index contributed by atoms with van der Waals surface area (Å²) in [6.45, 7) is 6.78. The van der Waals surface area contributed by atoms with Gasteiger partial charge in [-0.15, -0.1) is 0 Å². The van der Waals surface area contributed by atoms with Crippen molar-refractivity contribution in [1.29, 1.82) is 0 Å². The van der Waals surface area contributed by atoms with E-state index in [1.165, 1.54) is 17.0 Å². The van der Waals surface area contributed by atoms with Gasteiger partial charge in [-0.25, -0.2) is 9.18 Å². The summed E-state index contributed by atoms with van der Waals surface area (Å²) in [7, 11) is 0. The summed E-state index contributed by atoms with van der Waals surface area (Å²) in [5, 5.41) is 2.90. The molecule has 33 heavy (non-hydrogen) atoms. The summed E-state index contributed by atoms with van der Waals surface area (Å²) in [5.74, 6) is -0.519. The van der Waals surface area contributed by atoms with Crippen LogP contribution in [0.1, 0.15) is 36.7 Å². The highest BCUT2D eigenvalue weighted by Gasteiger charge is 2.34. The Labute approximate surface area is 193 Å². The van der Waals surface area contributed by atoms with E-state index in [0.29, 0.717) is 24.3 Å². The van der Waals surface area contributed by atoms with Crippen LogP contribution in [0, 0.1) is 12.7 Å². The minimum Gasteiger partial charge on any atom is -0.348 e. The van der Waals surface area contributed by atoms with Gasteiger partial charge in [0, 0.05) is 36.7 Å². The van der Waals surface area contributed by atoms with Gasteiger partial charge in [0.1, 0.15) is 12.4 Å². The summed E-state index contributed by atoms with van der Waals surface area (Å²) in [5.41, 5.74) is 3.37. The maximum Gasteiger partial charge on any atom is 0.322 e. The number of carbonyl (C=O) groups is 2. The Kier molecular flexibility index (Phi) is 6.49. The van der Waals surface area contributed by atoms with Gasteiger partial charge in [0.25, 0.3) is 0 Å². The smallest absolute Gasteiger partial charge is 0.322 e. The monoisotopic (exact) mass is 448 g/mol. The molecule has 6 nitrogen and oxygen atoms in total. The number of aromatic nitrogens is 1. The second kappa shape index (κ2) is 9.48. The molecule has 3 aromatic rings. The van der Waals surface area contributed by atoms with Crippen LogP contribution in [0.15, 0.2) is 66.9 Å². The first kappa shape index (κ1) is 22.6. The van der Waals surface area contributed by atoms with Crippen LogP contribution in [0.4, 0.5) is 14.9 Å². The molecule has 4 rings (SSSR count). The van der Waals surface area contributed by atoms with Crippen molar-refractivity contribution in [1.82, 2.24) is 14.4 Å². The van der Waals surface area contributed by atoms with Crippen LogP contribution in [0.25, 0.3) is 0 Å². The lowest BCUT2D eigenvalue weighted by Crippen LogP contribution is -2.50. The molecular formula is C26H29FN4O2. The van der Waals surface area contributed by atoms with E-state index in [-0.39, 0.29) is 30.3 Å². The SMILES string of the molecule is Cc1cccc(NC(=O)N(CC(=O)N2CCn3cccc3C2c2cccc(F)c2)C(C)C)c1. The lowest BCUT2D eigenvalue weighted by atomic mass is 9.99. The number of hydrogen-bond acceptors (Lipinski definition) is 2. The van der Waals surface area contributed by atoms with Gasteiger partial charge in [0.2, 0.25) is 5.91 Å². The zero-order valence-electron chi connectivity index (χ0n) is 19.2. The van der Waals surface area contributed by atoms with E-state index in [1.54, 1.807) is 11.0 Å². The highest BCUT2D eigenvalue weighted by Crippen LogP contribution is 2.33. The number of nitrogens with one attached hydrogen (secondary N) is 1. The molecule has 1 unspecified atom stereocenters. The molecule has 0 saturated heterocycles. The van der Waals surface area contributed by atoms with Crippen molar-refractivity contribution in [3.8, 4) is 0 Å². The van der Waals surface area contributed by atoms with E-state index in [0.717, 1.165) is 11.3 Å². The second-order valence-corrected chi connectivity index (χ2v) is 8.69. The molecule has 0 spiro atoms. The van der Waals surface area contributed by atoms with E-state index >= 15 is 0 Å².